The number of rotatable bonds is 2. The number of carboxylic acid groups (broad SMARTS) is 1. The molecule has 0 aromatic heterocycles. The Labute approximate surface area is 78.2 Å². The third-order valence-electron chi connectivity index (χ3n) is 2.33. The number of hydrogen-bond acceptors (Lipinski definition) is 3. The SMILES string of the molecule is CC(S)N1CCCC(C(=O)O)C1. The van der Waals surface area contributed by atoms with Gasteiger partial charge in [-0.25, -0.2) is 0 Å². The molecule has 2 unspecified atom stereocenters. The van der Waals surface area contributed by atoms with Crippen molar-refractivity contribution in [2.75, 3.05) is 13.1 Å². The molecule has 0 bridgehead atoms. The molecule has 0 aromatic rings. The molecule has 70 valence electrons. The van der Waals surface area contributed by atoms with Gasteiger partial charge in [0.05, 0.1) is 5.92 Å². The summed E-state index contributed by atoms with van der Waals surface area (Å²) in [5.41, 5.74) is 0. The number of thiol groups is 1. The summed E-state index contributed by atoms with van der Waals surface area (Å²) < 4.78 is 0. The number of hydrogen-bond donors (Lipinski definition) is 2. The van der Waals surface area contributed by atoms with Crippen molar-refractivity contribution in [3.63, 3.8) is 0 Å². The molecule has 1 heterocycles. The van der Waals surface area contributed by atoms with Crippen molar-refractivity contribution in [2.45, 2.75) is 25.1 Å². The van der Waals surface area contributed by atoms with Gasteiger partial charge in [0, 0.05) is 11.9 Å². The highest BCUT2D eigenvalue weighted by molar-refractivity contribution is 7.80. The summed E-state index contributed by atoms with van der Waals surface area (Å²) in [4.78, 5) is 12.8. The van der Waals surface area contributed by atoms with E-state index >= 15 is 0 Å². The van der Waals surface area contributed by atoms with Crippen LogP contribution in [-0.4, -0.2) is 34.4 Å². The number of piperidine rings is 1. The molecule has 0 aliphatic carbocycles. The van der Waals surface area contributed by atoms with Crippen molar-refractivity contribution < 1.29 is 9.90 Å². The Kier molecular flexibility index (Phi) is 3.40. The molecule has 4 heteroatoms. The molecular formula is C8H15NO2S. The second kappa shape index (κ2) is 4.14. The molecule has 0 aromatic carbocycles. The first-order valence-corrected chi connectivity index (χ1v) is 4.78. The van der Waals surface area contributed by atoms with Crippen molar-refractivity contribution in [1.29, 1.82) is 0 Å². The third-order valence-corrected chi connectivity index (χ3v) is 2.66. The minimum absolute atomic E-state index is 0.173. The first kappa shape index (κ1) is 9.86. The number of nitrogens with zero attached hydrogens (tertiary/aromatic N) is 1. The summed E-state index contributed by atoms with van der Waals surface area (Å²) in [6, 6.07) is 0. The standard InChI is InChI=1S/C8H15NO2S/c1-6(12)9-4-2-3-7(5-9)8(10)11/h6-7,12H,2-5H2,1H3,(H,10,11). The lowest BCUT2D eigenvalue weighted by Crippen LogP contribution is -2.41. The largest absolute Gasteiger partial charge is 0.481 e. The van der Waals surface area contributed by atoms with Crippen LogP contribution in [0.4, 0.5) is 0 Å². The molecule has 12 heavy (non-hydrogen) atoms. The smallest absolute Gasteiger partial charge is 0.307 e. The zero-order valence-electron chi connectivity index (χ0n) is 7.23. The quantitative estimate of drug-likeness (QED) is 0.638. The number of likely N-dealkylation sites (tertiary alicyclic amines) is 1. The van der Waals surface area contributed by atoms with Gasteiger partial charge in [0.15, 0.2) is 0 Å². The zero-order valence-corrected chi connectivity index (χ0v) is 8.13. The number of carbonyl (C=O) groups is 1. The topological polar surface area (TPSA) is 40.5 Å². The molecule has 1 saturated heterocycles. The summed E-state index contributed by atoms with van der Waals surface area (Å²) in [5.74, 6) is -0.859. The Morgan fingerprint density at radius 2 is 2.42 bits per heavy atom. The van der Waals surface area contributed by atoms with Gasteiger partial charge in [-0.3, -0.25) is 9.69 Å². The summed E-state index contributed by atoms with van der Waals surface area (Å²) in [5, 5.41) is 8.96. The lowest BCUT2D eigenvalue weighted by Gasteiger charge is -2.32. The minimum Gasteiger partial charge on any atom is -0.481 e. The molecule has 0 spiro atoms. The fraction of sp³-hybridized carbons (Fsp3) is 0.875. The molecule has 3 nitrogen and oxygen atoms in total. The van der Waals surface area contributed by atoms with Crippen LogP contribution in [0.5, 0.6) is 0 Å². The van der Waals surface area contributed by atoms with E-state index in [-0.39, 0.29) is 11.3 Å². The van der Waals surface area contributed by atoms with Crippen LogP contribution in [0.1, 0.15) is 19.8 Å². The highest BCUT2D eigenvalue weighted by Gasteiger charge is 2.26. The van der Waals surface area contributed by atoms with Crippen LogP contribution in [0.3, 0.4) is 0 Å². The summed E-state index contributed by atoms with van der Waals surface area (Å²) >= 11 is 4.28. The van der Waals surface area contributed by atoms with Gasteiger partial charge in [0.1, 0.15) is 0 Å². The van der Waals surface area contributed by atoms with Crippen molar-refractivity contribution in [3.8, 4) is 0 Å². The van der Waals surface area contributed by atoms with Crippen molar-refractivity contribution in [2.24, 2.45) is 5.92 Å². The highest BCUT2D eigenvalue weighted by atomic mass is 32.1. The molecule has 1 N–H and O–H groups in total. The lowest BCUT2D eigenvalue weighted by atomic mass is 9.98. The van der Waals surface area contributed by atoms with E-state index in [2.05, 4.69) is 17.5 Å². The number of carboxylic acids is 1. The Bertz CT molecular complexity index is 172. The van der Waals surface area contributed by atoms with Gasteiger partial charge < -0.3 is 5.11 Å². The van der Waals surface area contributed by atoms with E-state index in [1.165, 1.54) is 0 Å². The Morgan fingerprint density at radius 1 is 1.75 bits per heavy atom. The Morgan fingerprint density at radius 3 is 2.92 bits per heavy atom. The Balaban J connectivity index is 2.46. The second-order valence-electron chi connectivity index (χ2n) is 3.30. The molecule has 0 saturated carbocycles. The molecule has 1 fully saturated rings. The summed E-state index contributed by atoms with van der Waals surface area (Å²) in [6.07, 6.45) is 1.79. The van der Waals surface area contributed by atoms with Crippen LogP contribution in [0.2, 0.25) is 0 Å². The first-order chi connectivity index (χ1) is 5.61. The van der Waals surface area contributed by atoms with Gasteiger partial charge in [-0.15, -0.1) is 0 Å². The van der Waals surface area contributed by atoms with Crippen molar-refractivity contribution >= 4 is 18.6 Å². The van der Waals surface area contributed by atoms with E-state index in [9.17, 15) is 4.79 Å². The maximum atomic E-state index is 10.7. The van der Waals surface area contributed by atoms with Gasteiger partial charge in [-0.2, -0.15) is 12.6 Å². The summed E-state index contributed by atoms with van der Waals surface area (Å²) in [7, 11) is 0. The van der Waals surface area contributed by atoms with Gasteiger partial charge in [0.25, 0.3) is 0 Å². The first-order valence-electron chi connectivity index (χ1n) is 4.26. The Hall–Kier alpha value is -0.220. The predicted octanol–water partition coefficient (Wildman–Crippen LogP) is 1.06. The van der Waals surface area contributed by atoms with Gasteiger partial charge in [0.2, 0.25) is 0 Å². The maximum Gasteiger partial charge on any atom is 0.307 e. The van der Waals surface area contributed by atoms with E-state index in [0.717, 1.165) is 19.4 Å². The molecule has 1 rings (SSSR count). The molecular weight excluding hydrogens is 174 g/mol. The van der Waals surface area contributed by atoms with E-state index in [1.54, 1.807) is 0 Å². The molecule has 0 radical (unpaired) electrons. The van der Waals surface area contributed by atoms with Crippen LogP contribution in [0.25, 0.3) is 0 Å². The molecule has 0 amide bonds. The van der Waals surface area contributed by atoms with E-state index in [0.29, 0.717) is 6.54 Å². The average Bonchev–Trinajstić information content (AvgIpc) is 2.04. The van der Waals surface area contributed by atoms with Crippen LogP contribution >= 0.6 is 12.6 Å². The van der Waals surface area contributed by atoms with Gasteiger partial charge in [-0.05, 0) is 26.3 Å². The van der Waals surface area contributed by atoms with E-state index in [1.807, 2.05) is 6.92 Å². The lowest BCUT2D eigenvalue weighted by molar-refractivity contribution is -0.143. The fourth-order valence-corrected chi connectivity index (χ4v) is 1.76. The predicted molar refractivity (Wildman–Crippen MR) is 50.4 cm³/mol. The number of aliphatic carboxylic acids is 1. The van der Waals surface area contributed by atoms with Gasteiger partial charge >= 0.3 is 5.97 Å². The van der Waals surface area contributed by atoms with Crippen LogP contribution in [0, 0.1) is 5.92 Å². The zero-order chi connectivity index (χ0) is 9.14. The minimum atomic E-state index is -0.673. The monoisotopic (exact) mass is 189 g/mol. The maximum absolute atomic E-state index is 10.7. The van der Waals surface area contributed by atoms with Gasteiger partial charge in [-0.1, -0.05) is 0 Å². The van der Waals surface area contributed by atoms with E-state index < -0.39 is 5.97 Å². The normalized spacial score (nSPS) is 28.3. The molecule has 1 aliphatic heterocycles. The molecule has 2 atom stereocenters. The van der Waals surface area contributed by atoms with Crippen molar-refractivity contribution in [3.05, 3.63) is 0 Å². The third kappa shape index (κ3) is 2.38. The van der Waals surface area contributed by atoms with Crippen LogP contribution in [-0.2, 0) is 4.79 Å². The molecule has 1 aliphatic rings. The van der Waals surface area contributed by atoms with Crippen LogP contribution in [0.15, 0.2) is 0 Å². The fourth-order valence-electron chi connectivity index (χ4n) is 1.55. The average molecular weight is 189 g/mol. The summed E-state index contributed by atoms with van der Waals surface area (Å²) in [6.45, 7) is 3.61. The van der Waals surface area contributed by atoms with E-state index in [4.69, 9.17) is 5.11 Å². The van der Waals surface area contributed by atoms with Crippen molar-refractivity contribution in [1.82, 2.24) is 4.90 Å². The highest BCUT2D eigenvalue weighted by Crippen LogP contribution is 2.19. The van der Waals surface area contributed by atoms with Crippen LogP contribution < -0.4 is 0 Å². The second-order valence-corrected chi connectivity index (χ2v) is 4.05.